The SMILES string of the molecule is O=S(=O)([O-])C(F)(F)F.[Na+].[Na+].[O-][Cl+3]([O-])([O-])[O-]. The Labute approximate surface area is 128 Å². The van der Waals surface area contributed by atoms with E-state index >= 15 is 0 Å². The van der Waals surface area contributed by atoms with Crippen molar-refractivity contribution in [1.82, 2.24) is 0 Å². The van der Waals surface area contributed by atoms with Crippen molar-refractivity contribution in [3.63, 3.8) is 0 Å². The molecule has 82 valence electrons. The molecule has 0 bridgehead atoms. The van der Waals surface area contributed by atoms with Crippen LogP contribution in [-0.4, -0.2) is 18.5 Å². The Morgan fingerprint density at radius 3 is 1.00 bits per heavy atom. The molecule has 0 N–H and O–H groups in total. The van der Waals surface area contributed by atoms with Gasteiger partial charge in [0.15, 0.2) is 10.1 Å². The summed E-state index contributed by atoms with van der Waals surface area (Å²) in [5.74, 6) is 0. The van der Waals surface area contributed by atoms with E-state index in [4.69, 9.17) is 31.6 Å². The molecule has 0 radical (unpaired) electrons. The summed E-state index contributed by atoms with van der Waals surface area (Å²) in [6.45, 7) is 0. The van der Waals surface area contributed by atoms with Crippen molar-refractivity contribution in [1.29, 1.82) is 0 Å². The Bertz CT molecular complexity index is 238. The molecule has 0 aromatic rings. The Balaban J connectivity index is -0.0000000770. The summed E-state index contributed by atoms with van der Waals surface area (Å²) in [5.41, 5.74) is -5.65. The van der Waals surface area contributed by atoms with Crippen molar-refractivity contribution in [2.75, 3.05) is 0 Å². The molecule has 0 aliphatic rings. The Hall–Kier alpha value is 1.83. The number of hydrogen-bond acceptors (Lipinski definition) is 7. The van der Waals surface area contributed by atoms with Gasteiger partial charge in [-0.15, -0.1) is 10.2 Å². The Kier molecular flexibility index (Phi) is 15.1. The molecule has 0 aromatic carbocycles. The van der Waals surface area contributed by atoms with E-state index in [-0.39, 0.29) is 59.1 Å². The molecule has 0 saturated heterocycles. The van der Waals surface area contributed by atoms with Crippen molar-refractivity contribution >= 4 is 10.1 Å². The van der Waals surface area contributed by atoms with Crippen LogP contribution in [0.15, 0.2) is 0 Å². The van der Waals surface area contributed by atoms with Crippen LogP contribution in [-0.2, 0) is 10.1 Å². The van der Waals surface area contributed by atoms with E-state index in [1.165, 1.54) is 0 Å². The molecule has 0 amide bonds. The molecule has 0 unspecified atom stereocenters. The van der Waals surface area contributed by atoms with E-state index in [0.717, 1.165) is 0 Å². The molecule has 0 aliphatic carbocycles. The molecular weight excluding hydrogens is 294 g/mol. The molecule has 7 nitrogen and oxygen atoms in total. The first-order valence-corrected chi connectivity index (χ1v) is 4.53. The largest absolute Gasteiger partial charge is 1.00 e. The van der Waals surface area contributed by atoms with Gasteiger partial charge in [-0.1, -0.05) is 0 Å². The van der Waals surface area contributed by atoms with Crippen LogP contribution in [0.5, 0.6) is 0 Å². The van der Waals surface area contributed by atoms with E-state index in [1.807, 2.05) is 0 Å². The monoisotopic (exact) mass is 294 g/mol. The van der Waals surface area contributed by atoms with Crippen LogP contribution >= 0.6 is 0 Å². The quantitative estimate of drug-likeness (QED) is 0.244. The van der Waals surface area contributed by atoms with E-state index in [2.05, 4.69) is 0 Å². The van der Waals surface area contributed by atoms with Crippen LogP contribution in [0.2, 0.25) is 0 Å². The topological polar surface area (TPSA) is 149 Å². The van der Waals surface area contributed by atoms with Crippen molar-refractivity contribution in [3.05, 3.63) is 0 Å². The number of halogens is 4. The van der Waals surface area contributed by atoms with Gasteiger partial charge in [-0.2, -0.15) is 13.2 Å². The van der Waals surface area contributed by atoms with Gasteiger partial charge in [0.05, 0.1) is 0 Å². The maximum absolute atomic E-state index is 10.7. The normalized spacial score (nSPS) is 11.5. The van der Waals surface area contributed by atoms with Crippen LogP contribution in [0.25, 0.3) is 0 Å². The smallest absolute Gasteiger partial charge is 0.741 e. The predicted octanol–water partition coefficient (Wildman–Crippen LogP) is -10.7. The second-order valence-electron chi connectivity index (χ2n) is 1.28. The zero-order chi connectivity index (χ0) is 11.5. The average molecular weight is 294 g/mol. The van der Waals surface area contributed by atoms with Crippen molar-refractivity contribution in [2.24, 2.45) is 0 Å². The third-order valence-electron chi connectivity index (χ3n) is 0.283. The molecule has 0 atom stereocenters. The molecule has 0 heterocycles. The van der Waals surface area contributed by atoms with E-state index in [0.29, 0.717) is 0 Å². The van der Waals surface area contributed by atoms with Gasteiger partial charge in [0, 0.05) is 0 Å². The van der Waals surface area contributed by atoms with Crippen molar-refractivity contribution in [3.8, 4) is 0 Å². The minimum atomic E-state index is -6.09. The van der Waals surface area contributed by atoms with Crippen LogP contribution < -0.4 is 77.8 Å². The standard InChI is InChI=1S/CHF3O3S.ClHO4.2Na/c2-1(3,4)8(5,6)7;2-1(3,4)5;;/h(H,5,6,7);(H,2,3,4,5);;/q;;2*+1/p-2. The van der Waals surface area contributed by atoms with Gasteiger partial charge >= 0.3 is 64.6 Å². The Morgan fingerprint density at radius 2 is 1.00 bits per heavy atom. The van der Waals surface area contributed by atoms with Gasteiger partial charge in [0.2, 0.25) is 0 Å². The third kappa shape index (κ3) is 25.8. The molecule has 0 aliphatic heterocycles. The first-order valence-electron chi connectivity index (χ1n) is 1.89. The van der Waals surface area contributed by atoms with Crippen LogP contribution in [0, 0.1) is 10.2 Å². The first-order chi connectivity index (χ1) is 5.25. The fraction of sp³-hybridized carbons (Fsp3) is 1.00. The molecule has 14 heteroatoms. The van der Waals surface area contributed by atoms with E-state index < -0.39 is 25.9 Å². The summed E-state index contributed by atoms with van der Waals surface area (Å²) >= 11 is 0. The molecule has 0 spiro atoms. The summed E-state index contributed by atoms with van der Waals surface area (Å²) in [6.07, 6.45) is 0. The molecular formula is CClF3Na2O7S. The van der Waals surface area contributed by atoms with Crippen LogP contribution in [0.1, 0.15) is 0 Å². The number of rotatable bonds is 0. The zero-order valence-corrected chi connectivity index (χ0v) is 12.9. The zero-order valence-electron chi connectivity index (χ0n) is 7.28. The van der Waals surface area contributed by atoms with Crippen molar-refractivity contribution in [2.45, 2.75) is 5.51 Å². The minimum absolute atomic E-state index is 0. The van der Waals surface area contributed by atoms with Crippen molar-refractivity contribution < 1.29 is 114 Å². The van der Waals surface area contributed by atoms with Gasteiger partial charge in [-0.05, 0) is 0 Å². The summed E-state index contributed by atoms with van der Waals surface area (Å²) < 4.78 is 92.9. The average Bonchev–Trinajstić information content (AvgIpc) is 1.50. The summed E-state index contributed by atoms with van der Waals surface area (Å²) in [4.78, 5) is 0. The first kappa shape index (κ1) is 25.6. The van der Waals surface area contributed by atoms with Gasteiger partial charge in [-0.3, -0.25) is 0 Å². The number of hydrogen-bond donors (Lipinski definition) is 0. The maximum Gasteiger partial charge on any atom is 1.00 e. The maximum atomic E-state index is 10.7. The van der Waals surface area contributed by atoms with Crippen LogP contribution in [0.4, 0.5) is 13.2 Å². The van der Waals surface area contributed by atoms with E-state index in [1.54, 1.807) is 0 Å². The fourth-order valence-corrected chi connectivity index (χ4v) is 0. The fourth-order valence-electron chi connectivity index (χ4n) is 0. The van der Waals surface area contributed by atoms with Gasteiger partial charge in [0.1, 0.15) is 0 Å². The molecule has 15 heavy (non-hydrogen) atoms. The molecule has 0 rings (SSSR count). The third-order valence-corrected chi connectivity index (χ3v) is 0.850. The second-order valence-corrected chi connectivity index (χ2v) is 3.40. The molecule has 0 saturated carbocycles. The summed E-state index contributed by atoms with van der Waals surface area (Å²) in [5, 5.41) is 0. The minimum Gasteiger partial charge on any atom is -0.741 e. The van der Waals surface area contributed by atoms with Gasteiger partial charge in [0.25, 0.3) is 0 Å². The molecule has 0 fully saturated rings. The van der Waals surface area contributed by atoms with E-state index in [9.17, 15) is 13.2 Å². The molecule has 0 aromatic heterocycles. The van der Waals surface area contributed by atoms with Gasteiger partial charge < -0.3 is 4.55 Å². The Morgan fingerprint density at radius 1 is 0.933 bits per heavy atom. The van der Waals surface area contributed by atoms with Crippen LogP contribution in [0.3, 0.4) is 0 Å². The summed E-state index contributed by atoms with van der Waals surface area (Å²) in [6, 6.07) is 0. The summed E-state index contributed by atoms with van der Waals surface area (Å²) in [7, 11) is -11.0. The number of alkyl halides is 3. The second kappa shape index (κ2) is 8.85. The predicted molar refractivity (Wildman–Crippen MR) is 15.8 cm³/mol. The van der Waals surface area contributed by atoms with Gasteiger partial charge in [-0.25, -0.2) is 27.1 Å².